The van der Waals surface area contributed by atoms with Crippen LogP contribution in [-0.4, -0.2) is 12.2 Å². The minimum Gasteiger partial charge on any atom is -0.366 e. The van der Waals surface area contributed by atoms with Crippen molar-refractivity contribution in [2.45, 2.75) is 13.5 Å². The summed E-state index contributed by atoms with van der Waals surface area (Å²) in [6.45, 7) is 2.65. The summed E-state index contributed by atoms with van der Waals surface area (Å²) in [5, 5.41) is 6.43. The van der Waals surface area contributed by atoms with Crippen molar-refractivity contribution in [1.82, 2.24) is 5.16 Å². The van der Waals surface area contributed by atoms with Crippen molar-refractivity contribution in [2.75, 3.05) is 11.9 Å². The van der Waals surface area contributed by atoms with Crippen LogP contribution in [0, 0.1) is 6.92 Å². The normalized spacial score (nSPS) is 10.8. The van der Waals surface area contributed by atoms with E-state index in [-0.39, 0.29) is 0 Å². The maximum absolute atomic E-state index is 5.28. The van der Waals surface area contributed by atoms with Gasteiger partial charge in [0, 0.05) is 24.2 Å². The number of anilines is 1. The second-order valence-corrected chi connectivity index (χ2v) is 4.79. The van der Waals surface area contributed by atoms with Crippen LogP contribution in [0.5, 0.6) is 0 Å². The Bertz CT molecular complexity index is 697. The van der Waals surface area contributed by atoms with Crippen LogP contribution < -0.4 is 4.90 Å². The third kappa shape index (κ3) is 2.32. The van der Waals surface area contributed by atoms with E-state index in [1.165, 1.54) is 16.5 Å². The Morgan fingerprint density at radius 3 is 2.68 bits per heavy atom. The van der Waals surface area contributed by atoms with Gasteiger partial charge in [0.05, 0.1) is 12.2 Å². The van der Waals surface area contributed by atoms with Gasteiger partial charge in [0.2, 0.25) is 0 Å². The summed E-state index contributed by atoms with van der Waals surface area (Å²) in [4.78, 5) is 2.18. The molecule has 0 fully saturated rings. The molecule has 0 N–H and O–H groups in total. The smallest absolute Gasteiger partial charge is 0.156 e. The van der Waals surface area contributed by atoms with E-state index in [1.807, 2.05) is 13.0 Å². The van der Waals surface area contributed by atoms with E-state index in [9.17, 15) is 0 Å². The average molecular weight is 252 g/mol. The molecule has 19 heavy (non-hydrogen) atoms. The molecule has 96 valence electrons. The maximum Gasteiger partial charge on any atom is 0.156 e. The third-order valence-corrected chi connectivity index (χ3v) is 3.25. The summed E-state index contributed by atoms with van der Waals surface area (Å²) in [5.74, 6) is 0.882. The minimum atomic E-state index is 0.717. The Labute approximate surface area is 112 Å². The molecule has 0 atom stereocenters. The lowest BCUT2D eigenvalue weighted by molar-refractivity contribution is 0.379. The molecule has 0 saturated heterocycles. The molecule has 0 saturated carbocycles. The molecule has 3 aromatic rings. The largest absolute Gasteiger partial charge is 0.366 e. The maximum atomic E-state index is 5.28. The Morgan fingerprint density at radius 2 is 1.89 bits per heavy atom. The van der Waals surface area contributed by atoms with E-state index in [1.54, 1.807) is 0 Å². The Kier molecular flexibility index (Phi) is 2.95. The first-order chi connectivity index (χ1) is 9.24. The minimum absolute atomic E-state index is 0.717. The molecule has 3 rings (SSSR count). The summed E-state index contributed by atoms with van der Waals surface area (Å²) in [5.41, 5.74) is 2.12. The van der Waals surface area contributed by atoms with E-state index >= 15 is 0 Å². The topological polar surface area (TPSA) is 29.3 Å². The highest BCUT2D eigenvalue weighted by molar-refractivity contribution is 5.94. The van der Waals surface area contributed by atoms with Crippen LogP contribution >= 0.6 is 0 Å². The van der Waals surface area contributed by atoms with Gasteiger partial charge in [-0.2, -0.15) is 0 Å². The van der Waals surface area contributed by atoms with Gasteiger partial charge in [-0.3, -0.25) is 0 Å². The molecule has 0 aliphatic heterocycles. The molecule has 3 heteroatoms. The number of rotatable bonds is 3. The summed E-state index contributed by atoms with van der Waals surface area (Å²) in [6.07, 6.45) is 0. The van der Waals surface area contributed by atoms with Crippen molar-refractivity contribution in [3.05, 3.63) is 60.0 Å². The summed E-state index contributed by atoms with van der Waals surface area (Å²) < 4.78 is 5.28. The fraction of sp³-hybridized carbons (Fsp3) is 0.188. The van der Waals surface area contributed by atoms with Gasteiger partial charge in [-0.25, -0.2) is 0 Å². The first kappa shape index (κ1) is 11.8. The first-order valence-electron chi connectivity index (χ1n) is 6.35. The van der Waals surface area contributed by atoms with Crippen LogP contribution in [0.25, 0.3) is 10.8 Å². The van der Waals surface area contributed by atoms with E-state index in [4.69, 9.17) is 4.52 Å². The second-order valence-electron chi connectivity index (χ2n) is 4.79. The molecule has 1 aromatic heterocycles. The summed E-state index contributed by atoms with van der Waals surface area (Å²) in [6, 6.07) is 16.7. The van der Waals surface area contributed by atoms with Crippen molar-refractivity contribution >= 4 is 16.5 Å². The Balaban J connectivity index is 1.95. The second kappa shape index (κ2) is 4.76. The van der Waals surface area contributed by atoms with Gasteiger partial charge in [-0.15, -0.1) is 0 Å². The SMILES string of the molecule is Cc1cc(CN(C)c2cccc3ccccc23)on1. The highest BCUT2D eigenvalue weighted by Crippen LogP contribution is 2.26. The van der Waals surface area contributed by atoms with Crippen LogP contribution in [0.4, 0.5) is 5.69 Å². The van der Waals surface area contributed by atoms with Gasteiger partial charge in [-0.05, 0) is 18.4 Å². The van der Waals surface area contributed by atoms with Crippen molar-refractivity contribution < 1.29 is 4.52 Å². The predicted octanol–water partition coefficient (Wildman–Crippen LogP) is 3.77. The number of hydrogen-bond acceptors (Lipinski definition) is 3. The first-order valence-corrected chi connectivity index (χ1v) is 6.35. The molecule has 2 aromatic carbocycles. The van der Waals surface area contributed by atoms with Gasteiger partial charge in [0.1, 0.15) is 0 Å². The highest BCUT2D eigenvalue weighted by atomic mass is 16.5. The molecule has 1 heterocycles. The molecule has 0 unspecified atom stereocenters. The van der Waals surface area contributed by atoms with Crippen LogP contribution in [-0.2, 0) is 6.54 Å². The summed E-state index contributed by atoms with van der Waals surface area (Å²) >= 11 is 0. The molecule has 0 aliphatic carbocycles. The van der Waals surface area contributed by atoms with Crippen LogP contribution in [0.3, 0.4) is 0 Å². The number of aromatic nitrogens is 1. The predicted molar refractivity (Wildman–Crippen MR) is 77.3 cm³/mol. The standard InChI is InChI=1S/C16H16N2O/c1-12-10-14(19-17-12)11-18(2)16-9-5-7-13-6-3-4-8-15(13)16/h3-10H,11H2,1-2H3. The third-order valence-electron chi connectivity index (χ3n) is 3.25. The molecular weight excluding hydrogens is 236 g/mol. The van der Waals surface area contributed by atoms with Gasteiger partial charge in [0.25, 0.3) is 0 Å². The number of aryl methyl sites for hydroxylation is 1. The van der Waals surface area contributed by atoms with Gasteiger partial charge in [0.15, 0.2) is 5.76 Å². The molecule has 0 aliphatic rings. The Hall–Kier alpha value is -2.29. The number of hydrogen-bond donors (Lipinski definition) is 0. The van der Waals surface area contributed by atoms with Gasteiger partial charge < -0.3 is 9.42 Å². The zero-order valence-corrected chi connectivity index (χ0v) is 11.1. The molecule has 3 nitrogen and oxygen atoms in total. The fourth-order valence-corrected chi connectivity index (χ4v) is 2.35. The number of nitrogens with zero attached hydrogens (tertiary/aromatic N) is 2. The zero-order valence-electron chi connectivity index (χ0n) is 11.1. The van der Waals surface area contributed by atoms with Gasteiger partial charge in [-0.1, -0.05) is 41.6 Å². The molecule has 0 spiro atoms. The van der Waals surface area contributed by atoms with E-state index < -0.39 is 0 Å². The van der Waals surface area contributed by atoms with E-state index in [0.717, 1.165) is 18.0 Å². The van der Waals surface area contributed by atoms with Crippen molar-refractivity contribution in [3.8, 4) is 0 Å². The monoisotopic (exact) mass is 252 g/mol. The lowest BCUT2D eigenvalue weighted by atomic mass is 10.1. The molecule has 0 amide bonds. The fourth-order valence-electron chi connectivity index (χ4n) is 2.35. The highest BCUT2D eigenvalue weighted by Gasteiger charge is 2.09. The van der Waals surface area contributed by atoms with E-state index in [2.05, 4.69) is 59.6 Å². The van der Waals surface area contributed by atoms with Crippen molar-refractivity contribution in [1.29, 1.82) is 0 Å². The Morgan fingerprint density at radius 1 is 1.11 bits per heavy atom. The van der Waals surface area contributed by atoms with Gasteiger partial charge >= 0.3 is 0 Å². The number of benzene rings is 2. The molecule has 0 radical (unpaired) electrons. The van der Waals surface area contributed by atoms with Crippen LogP contribution in [0.15, 0.2) is 53.1 Å². The van der Waals surface area contributed by atoms with Crippen LogP contribution in [0.2, 0.25) is 0 Å². The summed E-state index contributed by atoms with van der Waals surface area (Å²) in [7, 11) is 2.07. The van der Waals surface area contributed by atoms with Crippen molar-refractivity contribution in [2.24, 2.45) is 0 Å². The average Bonchev–Trinajstić information content (AvgIpc) is 2.83. The lowest BCUT2D eigenvalue weighted by Crippen LogP contribution is -2.16. The van der Waals surface area contributed by atoms with E-state index in [0.29, 0.717) is 0 Å². The molecular formula is C16H16N2O. The van der Waals surface area contributed by atoms with Crippen LogP contribution in [0.1, 0.15) is 11.5 Å². The quantitative estimate of drug-likeness (QED) is 0.710. The van der Waals surface area contributed by atoms with Crippen molar-refractivity contribution in [3.63, 3.8) is 0 Å². The zero-order chi connectivity index (χ0) is 13.2. The molecule has 0 bridgehead atoms. The number of fused-ring (bicyclic) bond motifs is 1. The lowest BCUT2D eigenvalue weighted by Gasteiger charge is -2.19.